The number of halogens is 2. The van der Waals surface area contributed by atoms with E-state index < -0.39 is 67.5 Å². The summed E-state index contributed by atoms with van der Waals surface area (Å²) in [7, 11) is 0. The molecule has 0 amide bonds. The number of aliphatic hydroxyl groups is 5. The minimum absolute atomic E-state index is 0.00451. The zero-order valence-electron chi connectivity index (χ0n) is 36.4. The second-order valence-electron chi connectivity index (χ2n) is 16.5. The molecule has 3 aliphatic heterocycles. The van der Waals surface area contributed by atoms with Crippen LogP contribution in [-0.2, 0) is 32.2 Å². The molecule has 0 saturated carbocycles. The van der Waals surface area contributed by atoms with E-state index in [9.17, 15) is 34.3 Å². The molecule has 7 heterocycles. The Balaban J connectivity index is 0.000000172. The first-order chi connectivity index (χ1) is 32.4. The molecule has 3 saturated heterocycles. The summed E-state index contributed by atoms with van der Waals surface area (Å²) in [4.78, 5) is 8.70. The van der Waals surface area contributed by atoms with Gasteiger partial charge in [-0.3, -0.25) is 0 Å². The van der Waals surface area contributed by atoms with Crippen molar-refractivity contribution in [1.82, 2.24) is 40.0 Å². The summed E-state index contributed by atoms with van der Waals surface area (Å²) in [5.74, 6) is 0.0223. The monoisotopic (exact) mass is 926 g/mol. The van der Waals surface area contributed by atoms with E-state index in [2.05, 4.69) is 30.6 Å². The summed E-state index contributed by atoms with van der Waals surface area (Å²) < 4.78 is 66.3. The zero-order valence-corrected chi connectivity index (χ0v) is 36.4. The molecule has 5 N–H and O–H groups in total. The minimum atomic E-state index is -1.37. The van der Waals surface area contributed by atoms with Gasteiger partial charge in [0.15, 0.2) is 23.9 Å². The molecule has 3 aromatic carbocycles. The molecule has 0 radical (unpaired) electrons. The van der Waals surface area contributed by atoms with Crippen molar-refractivity contribution >= 4 is 0 Å². The number of ether oxygens (including phenoxy) is 4. The van der Waals surface area contributed by atoms with E-state index >= 15 is 0 Å². The molecule has 3 fully saturated rings. The number of oxazole rings is 2. The largest absolute Gasteiger partial charge is 0.440 e. The van der Waals surface area contributed by atoms with Crippen molar-refractivity contribution in [2.75, 3.05) is 13.2 Å². The van der Waals surface area contributed by atoms with E-state index in [-0.39, 0.29) is 42.6 Å². The molecular weight excluding hydrogens is 879 g/mol. The van der Waals surface area contributed by atoms with Crippen LogP contribution in [0.1, 0.15) is 77.8 Å². The van der Waals surface area contributed by atoms with Crippen molar-refractivity contribution in [2.45, 2.75) is 95.1 Å². The van der Waals surface area contributed by atoms with E-state index in [0.717, 1.165) is 5.56 Å². The lowest BCUT2D eigenvalue weighted by Gasteiger charge is -2.48. The molecule has 0 spiro atoms. The summed E-state index contributed by atoms with van der Waals surface area (Å²) in [6, 6.07) is 20.4. The van der Waals surface area contributed by atoms with Crippen molar-refractivity contribution in [3.63, 3.8) is 0 Å². The molecule has 0 aliphatic carbocycles. The SMILES string of the molecule is Cc1nc([C@@H]2O[C@@H]3CO[C@H](c4ccccc4)O[C@@H]3[C@H](n3cc(-c4cccc(F)c4)nn3)[C@H]2C)oc1CO.Cc1nc([C@@H]2O[C@H](CO)[C@H](O)[C@H](n3cc(-c4cccc(F)c4)nn3)[C@H]2O)oc1CO. The molecule has 7 aromatic rings. The van der Waals surface area contributed by atoms with Crippen LogP contribution in [0.4, 0.5) is 8.78 Å². The molecule has 19 nitrogen and oxygen atoms in total. The lowest BCUT2D eigenvalue weighted by atomic mass is 9.85. The third-order valence-electron chi connectivity index (χ3n) is 12.2. The Labute approximate surface area is 381 Å². The molecule has 10 rings (SSSR count). The van der Waals surface area contributed by atoms with Crippen molar-refractivity contribution in [2.24, 2.45) is 5.92 Å². The van der Waals surface area contributed by atoms with Crippen LogP contribution in [0.15, 0.2) is 100 Å². The van der Waals surface area contributed by atoms with Gasteiger partial charge < -0.3 is 53.3 Å². The quantitative estimate of drug-likeness (QED) is 0.126. The van der Waals surface area contributed by atoms with Crippen LogP contribution >= 0.6 is 0 Å². The molecule has 0 bridgehead atoms. The number of hydrogen-bond acceptors (Lipinski definition) is 17. The fourth-order valence-electron chi connectivity index (χ4n) is 8.68. The maximum absolute atomic E-state index is 13.9. The van der Waals surface area contributed by atoms with Crippen LogP contribution in [-0.4, -0.2) is 109 Å². The predicted molar refractivity (Wildman–Crippen MR) is 227 cm³/mol. The van der Waals surface area contributed by atoms with Crippen LogP contribution in [0.5, 0.6) is 0 Å². The maximum atomic E-state index is 13.9. The lowest BCUT2D eigenvalue weighted by Crippen LogP contribution is -2.54. The van der Waals surface area contributed by atoms with E-state index in [1.54, 1.807) is 42.9 Å². The first kappa shape index (κ1) is 46.0. The van der Waals surface area contributed by atoms with Crippen LogP contribution < -0.4 is 0 Å². The highest BCUT2D eigenvalue weighted by Gasteiger charge is 2.52. The Hall–Kier alpha value is -6.14. The third kappa shape index (κ3) is 9.29. The van der Waals surface area contributed by atoms with Gasteiger partial charge in [0.25, 0.3) is 0 Å². The van der Waals surface area contributed by atoms with Gasteiger partial charge in [0.2, 0.25) is 11.8 Å². The van der Waals surface area contributed by atoms with Gasteiger partial charge in [0.1, 0.15) is 78.9 Å². The highest BCUT2D eigenvalue weighted by Crippen LogP contribution is 2.47. The van der Waals surface area contributed by atoms with E-state index in [1.807, 2.05) is 37.3 Å². The number of fused-ring (bicyclic) bond motifs is 1. The highest BCUT2D eigenvalue weighted by molar-refractivity contribution is 5.58. The smallest absolute Gasteiger partial charge is 0.226 e. The molecule has 21 heteroatoms. The van der Waals surface area contributed by atoms with Gasteiger partial charge in [-0.15, -0.1) is 10.2 Å². The van der Waals surface area contributed by atoms with E-state index in [4.69, 9.17) is 27.8 Å². The standard InChI is InChI=1S/C27H27FN4O5.C19H21FN4O6/c1-15-23(32-12-20(30-31-32)18-9-6-10-19(28)11-18)25-22(14-34-27(37-25)17-7-4-3-5-8-17)35-24(15)26-29-16(2)21(13-33)36-26;1-9-13(7-25)30-19(21-9)18-17(28)15(16(27)14(8-26)29-18)24-6-12(22-23-24)10-3-2-4-11(20)5-10/h3-12,15,22-25,27,33H,13-14H2,1-2H3;2-6,14-18,25-28H,7-8H2,1H3/t15-,22-,23-,24-,25+,27+;14-,15+,16+,17-,18-/m11/s1. The summed E-state index contributed by atoms with van der Waals surface area (Å²) in [5.41, 5.74) is 3.94. The predicted octanol–water partition coefficient (Wildman–Crippen LogP) is 4.57. The van der Waals surface area contributed by atoms with Gasteiger partial charge in [-0.2, -0.15) is 0 Å². The second-order valence-corrected chi connectivity index (χ2v) is 16.5. The Morgan fingerprint density at radius 2 is 1.24 bits per heavy atom. The van der Waals surface area contributed by atoms with Gasteiger partial charge in [-0.1, -0.05) is 71.9 Å². The summed E-state index contributed by atoms with van der Waals surface area (Å²) in [6.45, 7) is 4.57. The Kier molecular flexibility index (Phi) is 13.5. The summed E-state index contributed by atoms with van der Waals surface area (Å²) in [6.07, 6.45) is -3.56. The van der Waals surface area contributed by atoms with Gasteiger partial charge in [-0.25, -0.2) is 28.1 Å². The number of nitrogens with zero attached hydrogens (tertiary/aromatic N) is 8. The molecule has 67 heavy (non-hydrogen) atoms. The average Bonchev–Trinajstić information content (AvgIpc) is 4.17. The number of aryl methyl sites for hydroxylation is 2. The van der Waals surface area contributed by atoms with Crippen molar-refractivity contribution < 1.29 is 62.1 Å². The van der Waals surface area contributed by atoms with Crippen LogP contribution in [0.25, 0.3) is 22.5 Å². The van der Waals surface area contributed by atoms with Crippen molar-refractivity contribution in [1.29, 1.82) is 0 Å². The first-order valence-corrected chi connectivity index (χ1v) is 21.5. The first-order valence-electron chi connectivity index (χ1n) is 21.5. The van der Waals surface area contributed by atoms with Crippen molar-refractivity contribution in [3.05, 3.63) is 143 Å². The van der Waals surface area contributed by atoms with Crippen LogP contribution in [0, 0.1) is 31.4 Å². The average molecular weight is 927 g/mol. The van der Waals surface area contributed by atoms with Gasteiger partial charge in [0, 0.05) is 22.6 Å². The molecule has 4 aromatic heterocycles. The van der Waals surface area contributed by atoms with Gasteiger partial charge in [-0.05, 0) is 38.1 Å². The second kappa shape index (κ2) is 19.6. The maximum Gasteiger partial charge on any atom is 0.226 e. The van der Waals surface area contributed by atoms with E-state index in [0.29, 0.717) is 52.2 Å². The van der Waals surface area contributed by atoms with Crippen LogP contribution in [0.3, 0.4) is 0 Å². The summed E-state index contributed by atoms with van der Waals surface area (Å²) in [5, 5.41) is 66.9. The molecule has 352 valence electrons. The molecule has 11 atom stereocenters. The molecule has 0 unspecified atom stereocenters. The fourth-order valence-corrected chi connectivity index (χ4v) is 8.68. The highest BCUT2D eigenvalue weighted by atomic mass is 19.1. The number of aromatic nitrogens is 8. The molecular formula is C46H48F2N8O11. The summed E-state index contributed by atoms with van der Waals surface area (Å²) >= 11 is 0. The fraction of sp³-hybridized carbons (Fsp3) is 0.391. The third-order valence-corrected chi connectivity index (χ3v) is 12.2. The van der Waals surface area contributed by atoms with Gasteiger partial charge >= 0.3 is 0 Å². The zero-order chi connectivity index (χ0) is 46.9. The Morgan fingerprint density at radius 3 is 1.78 bits per heavy atom. The lowest BCUT2D eigenvalue weighted by molar-refractivity contribution is -0.312. The topological polar surface area (TPSA) is 252 Å². The molecule has 3 aliphatic rings. The van der Waals surface area contributed by atoms with E-state index in [1.165, 1.54) is 41.2 Å². The number of benzene rings is 3. The normalized spacial score (nSPS) is 27.3. The van der Waals surface area contributed by atoms with Crippen molar-refractivity contribution in [3.8, 4) is 22.5 Å². The number of hydrogen-bond donors (Lipinski definition) is 5. The minimum Gasteiger partial charge on any atom is -0.440 e. The number of aliphatic hydroxyl groups excluding tert-OH is 5. The van der Waals surface area contributed by atoms with Crippen LogP contribution in [0.2, 0.25) is 0 Å². The Bertz CT molecular complexity index is 2770. The van der Waals surface area contributed by atoms with Gasteiger partial charge in [0.05, 0.1) is 43.0 Å². The Morgan fingerprint density at radius 1 is 0.672 bits per heavy atom. The number of rotatable bonds is 10.